The van der Waals surface area contributed by atoms with Gasteiger partial charge in [-0.1, -0.05) is 26.7 Å². The van der Waals surface area contributed by atoms with Crippen LogP contribution in [0.4, 0.5) is 0 Å². The average molecular weight is 241 g/mol. The van der Waals surface area contributed by atoms with Gasteiger partial charge in [0.15, 0.2) is 0 Å². The molecule has 0 amide bonds. The second-order valence-electron chi connectivity index (χ2n) is 4.03. The van der Waals surface area contributed by atoms with Crippen molar-refractivity contribution in [2.75, 3.05) is 0 Å². The number of hydrogen-bond acceptors (Lipinski definition) is 4. The summed E-state index contributed by atoms with van der Waals surface area (Å²) in [6.07, 6.45) is 3.28. The molecule has 5 heteroatoms. The molecule has 0 spiro atoms. The minimum absolute atomic E-state index is 0.189. The van der Waals surface area contributed by atoms with E-state index < -0.39 is 5.97 Å². The Hall–Kier alpha value is -1.65. The van der Waals surface area contributed by atoms with Crippen LogP contribution in [0.25, 0.3) is 0 Å². The molecular formula is C12H19NO4. The highest BCUT2D eigenvalue weighted by Gasteiger charge is 2.21. The third-order valence-electron chi connectivity index (χ3n) is 2.59. The van der Waals surface area contributed by atoms with E-state index in [1.807, 2.05) is 13.8 Å². The van der Waals surface area contributed by atoms with E-state index in [2.05, 4.69) is 0 Å². The van der Waals surface area contributed by atoms with E-state index in [1.165, 1.54) is 12.1 Å². The first-order valence-corrected chi connectivity index (χ1v) is 5.92. The topological polar surface area (TPSA) is 71.7 Å². The van der Waals surface area contributed by atoms with Crippen LogP contribution in [0.3, 0.4) is 0 Å². The lowest BCUT2D eigenvalue weighted by molar-refractivity contribution is -0.150. The van der Waals surface area contributed by atoms with Crippen LogP contribution in [-0.4, -0.2) is 20.9 Å². The summed E-state index contributed by atoms with van der Waals surface area (Å²) in [5, 5.41) is 18.7. The Morgan fingerprint density at radius 2 is 1.71 bits per heavy atom. The molecule has 17 heavy (non-hydrogen) atoms. The van der Waals surface area contributed by atoms with Crippen molar-refractivity contribution in [2.45, 2.75) is 39.5 Å². The molecule has 0 fully saturated rings. The molecule has 5 nitrogen and oxygen atoms in total. The standard InChI is InChI=1S/C12H19NO4/c1-3-5-9(6-4-2)12(16)17-13-10(14)7-8-11(13)15/h7-9,14-15H,3-6H2,1-2H3. The molecule has 0 bridgehead atoms. The number of aromatic hydroxyl groups is 2. The van der Waals surface area contributed by atoms with Gasteiger partial charge in [0.2, 0.25) is 11.8 Å². The lowest BCUT2D eigenvalue weighted by atomic mass is 9.99. The molecule has 0 unspecified atom stereocenters. The molecule has 1 rings (SSSR count). The van der Waals surface area contributed by atoms with E-state index in [4.69, 9.17) is 4.84 Å². The van der Waals surface area contributed by atoms with Crippen molar-refractivity contribution in [2.24, 2.45) is 5.92 Å². The zero-order valence-corrected chi connectivity index (χ0v) is 10.2. The van der Waals surface area contributed by atoms with Crippen molar-refractivity contribution in [3.8, 4) is 11.8 Å². The normalized spacial score (nSPS) is 10.8. The number of rotatable bonds is 6. The van der Waals surface area contributed by atoms with E-state index in [1.54, 1.807) is 0 Å². The van der Waals surface area contributed by atoms with Gasteiger partial charge in [-0.25, -0.2) is 4.79 Å². The van der Waals surface area contributed by atoms with Crippen LogP contribution in [-0.2, 0) is 4.79 Å². The molecule has 0 aromatic carbocycles. The first-order chi connectivity index (χ1) is 8.10. The largest absolute Gasteiger partial charge is 0.492 e. The maximum atomic E-state index is 11.8. The van der Waals surface area contributed by atoms with Crippen LogP contribution in [0, 0.1) is 5.92 Å². The van der Waals surface area contributed by atoms with Crippen LogP contribution < -0.4 is 4.84 Å². The third kappa shape index (κ3) is 3.41. The van der Waals surface area contributed by atoms with Crippen molar-refractivity contribution < 1.29 is 19.8 Å². The Morgan fingerprint density at radius 1 is 1.24 bits per heavy atom. The molecule has 0 aliphatic carbocycles. The van der Waals surface area contributed by atoms with Crippen molar-refractivity contribution in [1.82, 2.24) is 4.73 Å². The predicted octanol–water partition coefficient (Wildman–Crippen LogP) is 2.07. The molecule has 0 radical (unpaired) electrons. The molecule has 0 atom stereocenters. The first kappa shape index (κ1) is 13.4. The van der Waals surface area contributed by atoms with Gasteiger partial charge < -0.3 is 15.1 Å². The average Bonchev–Trinajstić information content (AvgIpc) is 2.60. The van der Waals surface area contributed by atoms with Crippen LogP contribution in [0.15, 0.2) is 12.1 Å². The number of hydrogen-bond donors (Lipinski definition) is 2. The molecule has 1 aromatic rings. The van der Waals surface area contributed by atoms with Gasteiger partial charge in [0.25, 0.3) is 0 Å². The number of carbonyl (C=O) groups is 1. The van der Waals surface area contributed by atoms with Gasteiger partial charge in [0, 0.05) is 12.1 Å². The SMILES string of the molecule is CCCC(CCC)C(=O)On1c(O)ccc1O. The molecule has 2 N–H and O–H groups in total. The van der Waals surface area contributed by atoms with E-state index in [9.17, 15) is 15.0 Å². The maximum absolute atomic E-state index is 11.8. The lowest BCUT2D eigenvalue weighted by Crippen LogP contribution is -2.26. The molecule has 96 valence electrons. The van der Waals surface area contributed by atoms with Gasteiger partial charge in [0.05, 0.1) is 5.92 Å². The molecule has 0 saturated heterocycles. The van der Waals surface area contributed by atoms with E-state index in [0.717, 1.165) is 30.4 Å². The van der Waals surface area contributed by atoms with Crippen LogP contribution >= 0.6 is 0 Å². The fourth-order valence-electron chi connectivity index (χ4n) is 1.74. The number of carbonyl (C=O) groups excluding carboxylic acids is 1. The minimum Gasteiger partial charge on any atom is -0.492 e. The number of aromatic nitrogens is 1. The number of nitrogens with zero attached hydrogens (tertiary/aromatic N) is 1. The zero-order chi connectivity index (χ0) is 12.8. The molecule has 1 aromatic heterocycles. The van der Waals surface area contributed by atoms with Crippen LogP contribution in [0.2, 0.25) is 0 Å². The van der Waals surface area contributed by atoms with Crippen molar-refractivity contribution in [1.29, 1.82) is 0 Å². The first-order valence-electron chi connectivity index (χ1n) is 5.92. The Morgan fingerprint density at radius 3 is 2.12 bits per heavy atom. The summed E-state index contributed by atoms with van der Waals surface area (Å²) in [6, 6.07) is 2.52. The monoisotopic (exact) mass is 241 g/mol. The fraction of sp³-hybridized carbons (Fsp3) is 0.583. The second-order valence-corrected chi connectivity index (χ2v) is 4.03. The molecule has 0 aliphatic rings. The Labute approximate surface area is 101 Å². The van der Waals surface area contributed by atoms with Gasteiger partial charge in [-0.05, 0) is 12.8 Å². The van der Waals surface area contributed by atoms with E-state index in [-0.39, 0.29) is 17.7 Å². The molecular weight excluding hydrogens is 222 g/mol. The molecule has 0 aliphatic heterocycles. The summed E-state index contributed by atoms with van der Waals surface area (Å²) < 4.78 is 0.737. The zero-order valence-electron chi connectivity index (χ0n) is 10.2. The smallest absolute Gasteiger partial charge is 0.336 e. The van der Waals surface area contributed by atoms with E-state index in [0.29, 0.717) is 0 Å². The summed E-state index contributed by atoms with van der Waals surface area (Å²) in [7, 11) is 0. The second kappa shape index (κ2) is 6.18. The van der Waals surface area contributed by atoms with Crippen molar-refractivity contribution in [3.05, 3.63) is 12.1 Å². The van der Waals surface area contributed by atoms with Gasteiger partial charge >= 0.3 is 5.97 Å². The predicted molar refractivity (Wildman–Crippen MR) is 62.7 cm³/mol. The summed E-state index contributed by atoms with van der Waals surface area (Å²) in [4.78, 5) is 16.8. The van der Waals surface area contributed by atoms with Gasteiger partial charge in [-0.2, -0.15) is 0 Å². The molecule has 0 saturated carbocycles. The Bertz CT molecular complexity index is 347. The highest BCUT2D eigenvalue weighted by atomic mass is 16.7. The summed E-state index contributed by atoms with van der Waals surface area (Å²) >= 11 is 0. The third-order valence-corrected chi connectivity index (χ3v) is 2.59. The van der Waals surface area contributed by atoms with Gasteiger partial charge in [-0.15, -0.1) is 4.73 Å². The minimum atomic E-state index is -0.421. The summed E-state index contributed by atoms with van der Waals surface area (Å²) in [6.45, 7) is 4.00. The summed E-state index contributed by atoms with van der Waals surface area (Å²) in [5.74, 6) is -1.19. The van der Waals surface area contributed by atoms with Gasteiger partial charge in [0.1, 0.15) is 0 Å². The van der Waals surface area contributed by atoms with Gasteiger partial charge in [-0.3, -0.25) is 0 Å². The molecule has 1 heterocycles. The van der Waals surface area contributed by atoms with Crippen LogP contribution in [0.1, 0.15) is 39.5 Å². The Kier molecular flexibility index (Phi) is 4.87. The highest BCUT2D eigenvalue weighted by Crippen LogP contribution is 2.21. The van der Waals surface area contributed by atoms with Crippen LogP contribution in [0.5, 0.6) is 11.8 Å². The quantitative estimate of drug-likeness (QED) is 0.799. The highest BCUT2D eigenvalue weighted by molar-refractivity contribution is 5.72. The lowest BCUT2D eigenvalue weighted by Gasteiger charge is -2.14. The fourth-order valence-corrected chi connectivity index (χ4v) is 1.74. The summed E-state index contributed by atoms with van der Waals surface area (Å²) in [5.41, 5.74) is 0. The van der Waals surface area contributed by atoms with E-state index >= 15 is 0 Å². The van der Waals surface area contributed by atoms with Crippen molar-refractivity contribution >= 4 is 5.97 Å². The van der Waals surface area contributed by atoms with Crippen molar-refractivity contribution in [3.63, 3.8) is 0 Å². The Balaban J connectivity index is 2.69. The maximum Gasteiger partial charge on any atom is 0.336 e.